The summed E-state index contributed by atoms with van der Waals surface area (Å²) in [4.78, 5) is 19.6. The van der Waals surface area contributed by atoms with E-state index in [9.17, 15) is 4.79 Å². The lowest BCUT2D eigenvalue weighted by molar-refractivity contribution is -0.138. The molecule has 7 nitrogen and oxygen atoms in total. The number of hydrogen-bond acceptors (Lipinski definition) is 6. The van der Waals surface area contributed by atoms with Crippen LogP contribution in [-0.4, -0.2) is 63.7 Å². The van der Waals surface area contributed by atoms with Gasteiger partial charge < -0.3 is 9.63 Å². The molecule has 130 valence electrons. The van der Waals surface area contributed by atoms with E-state index in [1.807, 2.05) is 11.9 Å². The Balaban J connectivity index is 1.81. The molecular weight excluding hydrogens is 296 g/mol. The average Bonchev–Trinajstić information content (AvgIpc) is 2.80. The van der Waals surface area contributed by atoms with Gasteiger partial charge in [0.1, 0.15) is 0 Å². The summed E-state index contributed by atoms with van der Waals surface area (Å²) in [6, 6.07) is 0.332. The Kier molecular flexibility index (Phi) is 6.98. The quantitative estimate of drug-likeness (QED) is 0.780. The van der Waals surface area contributed by atoms with Crippen molar-refractivity contribution in [2.45, 2.75) is 58.0 Å². The molecule has 23 heavy (non-hydrogen) atoms. The highest BCUT2D eigenvalue weighted by atomic mass is 16.5. The maximum Gasteiger partial charge on any atom is 0.317 e. The molecule has 1 unspecified atom stereocenters. The van der Waals surface area contributed by atoms with Crippen LogP contribution in [-0.2, 0) is 17.8 Å². The van der Waals surface area contributed by atoms with Gasteiger partial charge in [-0.15, -0.1) is 0 Å². The smallest absolute Gasteiger partial charge is 0.317 e. The molecule has 0 radical (unpaired) electrons. The number of aromatic nitrogens is 2. The summed E-state index contributed by atoms with van der Waals surface area (Å²) >= 11 is 0. The van der Waals surface area contributed by atoms with Gasteiger partial charge in [-0.3, -0.25) is 14.6 Å². The number of carbonyl (C=O) groups is 1. The topological polar surface area (TPSA) is 82.7 Å². The maximum atomic E-state index is 10.8. The zero-order valence-electron chi connectivity index (χ0n) is 14.2. The molecule has 0 bridgehead atoms. The number of rotatable bonds is 8. The van der Waals surface area contributed by atoms with Gasteiger partial charge in [0.2, 0.25) is 5.89 Å². The van der Waals surface area contributed by atoms with E-state index in [-0.39, 0.29) is 6.54 Å². The van der Waals surface area contributed by atoms with Crippen LogP contribution in [0.5, 0.6) is 0 Å². The zero-order valence-corrected chi connectivity index (χ0v) is 14.2. The normalized spacial score (nSPS) is 19.9. The molecule has 0 spiro atoms. The van der Waals surface area contributed by atoms with Crippen molar-refractivity contribution in [1.82, 2.24) is 19.9 Å². The number of unbranched alkanes of at least 4 members (excludes halogenated alkanes) is 1. The molecule has 7 heteroatoms. The first-order valence-corrected chi connectivity index (χ1v) is 8.54. The fourth-order valence-electron chi connectivity index (χ4n) is 3.06. The minimum Gasteiger partial charge on any atom is -0.480 e. The molecule has 1 aliphatic rings. The Morgan fingerprint density at radius 2 is 2.26 bits per heavy atom. The summed E-state index contributed by atoms with van der Waals surface area (Å²) in [6.45, 7) is 4.87. The molecule has 0 amide bonds. The molecule has 1 aromatic heterocycles. The van der Waals surface area contributed by atoms with Gasteiger partial charge in [-0.1, -0.05) is 18.5 Å². The van der Waals surface area contributed by atoms with Crippen LogP contribution in [0.3, 0.4) is 0 Å². The predicted molar refractivity (Wildman–Crippen MR) is 86.1 cm³/mol. The number of hydrogen-bond donors (Lipinski definition) is 1. The first-order valence-electron chi connectivity index (χ1n) is 8.54. The number of carboxylic acid groups (broad SMARTS) is 1. The van der Waals surface area contributed by atoms with E-state index in [2.05, 4.69) is 22.0 Å². The third-order valence-electron chi connectivity index (χ3n) is 4.42. The van der Waals surface area contributed by atoms with Gasteiger partial charge >= 0.3 is 5.97 Å². The van der Waals surface area contributed by atoms with E-state index in [1.54, 1.807) is 0 Å². The number of carboxylic acids is 1. The van der Waals surface area contributed by atoms with Crippen LogP contribution in [0, 0.1) is 0 Å². The Hall–Kier alpha value is -1.47. The highest BCUT2D eigenvalue weighted by Crippen LogP contribution is 2.17. The molecule has 0 saturated carbocycles. The molecule has 1 aliphatic heterocycles. The van der Waals surface area contributed by atoms with E-state index in [4.69, 9.17) is 9.63 Å². The second-order valence-electron chi connectivity index (χ2n) is 6.38. The summed E-state index contributed by atoms with van der Waals surface area (Å²) in [5, 5.41) is 12.9. The lowest BCUT2D eigenvalue weighted by atomic mass is 10.1. The van der Waals surface area contributed by atoms with Crippen LogP contribution < -0.4 is 0 Å². The Labute approximate surface area is 137 Å². The van der Waals surface area contributed by atoms with Crippen molar-refractivity contribution in [2.24, 2.45) is 0 Å². The minimum atomic E-state index is -0.765. The molecule has 0 aliphatic carbocycles. The number of nitrogens with zero attached hydrogens (tertiary/aromatic N) is 4. The summed E-state index contributed by atoms with van der Waals surface area (Å²) < 4.78 is 5.34. The third-order valence-corrected chi connectivity index (χ3v) is 4.42. The maximum absolute atomic E-state index is 10.8. The number of likely N-dealkylation sites (tertiary alicyclic amines) is 1. The number of aryl methyl sites for hydroxylation is 1. The van der Waals surface area contributed by atoms with Crippen LogP contribution in [0.2, 0.25) is 0 Å². The third kappa shape index (κ3) is 5.91. The summed E-state index contributed by atoms with van der Waals surface area (Å²) in [5.41, 5.74) is 0. The molecule has 0 aromatic carbocycles. The summed E-state index contributed by atoms with van der Waals surface area (Å²) in [6.07, 6.45) is 6.15. The van der Waals surface area contributed by atoms with Gasteiger partial charge in [-0.25, -0.2) is 0 Å². The molecule has 1 N–H and O–H groups in total. The Morgan fingerprint density at radius 1 is 1.43 bits per heavy atom. The largest absolute Gasteiger partial charge is 0.480 e. The van der Waals surface area contributed by atoms with E-state index >= 15 is 0 Å². The highest BCUT2D eigenvalue weighted by Gasteiger charge is 2.22. The lowest BCUT2D eigenvalue weighted by Gasteiger charge is -2.25. The van der Waals surface area contributed by atoms with Gasteiger partial charge in [0.05, 0.1) is 13.1 Å². The highest BCUT2D eigenvalue weighted by molar-refractivity contribution is 5.69. The Bertz CT molecular complexity index is 491. The van der Waals surface area contributed by atoms with Gasteiger partial charge in [0.15, 0.2) is 5.82 Å². The van der Waals surface area contributed by atoms with Crippen molar-refractivity contribution in [1.29, 1.82) is 0 Å². The van der Waals surface area contributed by atoms with Crippen molar-refractivity contribution in [3.8, 4) is 0 Å². The molecular formula is C16H28N4O3. The lowest BCUT2D eigenvalue weighted by Crippen LogP contribution is -2.36. The molecule has 2 heterocycles. The monoisotopic (exact) mass is 324 g/mol. The Morgan fingerprint density at radius 3 is 3.00 bits per heavy atom. The van der Waals surface area contributed by atoms with Crippen LogP contribution in [0.4, 0.5) is 0 Å². The van der Waals surface area contributed by atoms with Crippen molar-refractivity contribution in [3.05, 3.63) is 11.7 Å². The van der Waals surface area contributed by atoms with Crippen molar-refractivity contribution < 1.29 is 14.4 Å². The van der Waals surface area contributed by atoms with E-state index in [0.717, 1.165) is 57.4 Å². The van der Waals surface area contributed by atoms with Gasteiger partial charge in [0.25, 0.3) is 0 Å². The molecule has 1 aromatic rings. The fourth-order valence-corrected chi connectivity index (χ4v) is 3.06. The van der Waals surface area contributed by atoms with Crippen molar-refractivity contribution in [2.75, 3.05) is 26.7 Å². The summed E-state index contributed by atoms with van der Waals surface area (Å²) in [7, 11) is 1.90. The zero-order chi connectivity index (χ0) is 16.7. The molecule has 1 atom stereocenters. The number of likely N-dealkylation sites (N-methyl/N-ethyl adjacent to an activating group) is 1. The van der Waals surface area contributed by atoms with Crippen LogP contribution >= 0.6 is 0 Å². The van der Waals surface area contributed by atoms with Gasteiger partial charge in [-0.05, 0) is 39.3 Å². The average molecular weight is 324 g/mol. The second-order valence-corrected chi connectivity index (χ2v) is 6.38. The number of aliphatic carboxylic acids is 1. The van der Waals surface area contributed by atoms with Gasteiger partial charge in [-0.2, -0.15) is 4.98 Å². The van der Waals surface area contributed by atoms with E-state index in [1.165, 1.54) is 0 Å². The van der Waals surface area contributed by atoms with Crippen LogP contribution in [0.25, 0.3) is 0 Å². The SMILES string of the molecule is CCCCc1noc(CN2CCCC(N(C)CC(=O)O)CC2)n1. The van der Waals surface area contributed by atoms with Crippen LogP contribution in [0.15, 0.2) is 4.52 Å². The van der Waals surface area contributed by atoms with Crippen molar-refractivity contribution in [3.63, 3.8) is 0 Å². The van der Waals surface area contributed by atoms with E-state index in [0.29, 0.717) is 18.5 Å². The summed E-state index contributed by atoms with van der Waals surface area (Å²) in [5.74, 6) is 0.725. The predicted octanol–water partition coefficient (Wildman–Crippen LogP) is 1.78. The second kappa shape index (κ2) is 8.98. The van der Waals surface area contributed by atoms with Gasteiger partial charge in [0, 0.05) is 19.0 Å². The minimum absolute atomic E-state index is 0.106. The standard InChI is InChI=1S/C16H28N4O3/c1-3-4-7-14-17-15(23-18-14)11-20-9-5-6-13(8-10-20)19(2)12-16(21)22/h13H,3-12H2,1-2H3,(H,21,22). The molecule has 1 fully saturated rings. The van der Waals surface area contributed by atoms with E-state index < -0.39 is 5.97 Å². The fraction of sp³-hybridized carbons (Fsp3) is 0.812. The van der Waals surface area contributed by atoms with Crippen molar-refractivity contribution >= 4 is 5.97 Å². The molecule has 2 rings (SSSR count). The molecule has 1 saturated heterocycles. The first-order chi connectivity index (χ1) is 11.1. The first kappa shape index (κ1) is 17.9. The van der Waals surface area contributed by atoms with Crippen LogP contribution in [0.1, 0.15) is 50.7 Å².